The van der Waals surface area contributed by atoms with Crippen LogP contribution in [0.15, 0.2) is 0 Å². The zero-order valence-corrected chi connectivity index (χ0v) is 17.1. The average molecular weight is 370 g/mol. The zero-order valence-electron chi connectivity index (χ0n) is 14.5. The Bertz CT molecular complexity index is 454. The van der Waals surface area contributed by atoms with Gasteiger partial charge in [-0.1, -0.05) is 64.7 Å². The second-order valence-corrected chi connectivity index (χ2v) is 7.36. The molecule has 0 aliphatic heterocycles. The third-order valence-corrected chi connectivity index (χ3v) is 4.70. The summed E-state index contributed by atoms with van der Waals surface area (Å²) in [6.45, 7) is 2.03. The first kappa shape index (κ1) is 25.0. The summed E-state index contributed by atoms with van der Waals surface area (Å²) in [6, 6.07) is 0. The summed E-state index contributed by atoms with van der Waals surface area (Å²) >= 11 is 0. The second kappa shape index (κ2) is 14.2. The molecule has 0 saturated heterocycles. The maximum atomic E-state index is 10.9. The van der Waals surface area contributed by atoms with Crippen molar-refractivity contribution in [1.82, 2.24) is 0 Å². The van der Waals surface area contributed by atoms with Crippen LogP contribution in [0.25, 0.3) is 0 Å². The molecule has 0 aliphatic carbocycles. The van der Waals surface area contributed by atoms with Crippen molar-refractivity contribution in [3.05, 3.63) is 0 Å². The Kier molecular flexibility index (Phi) is 16.1. The molecule has 0 rings (SSSR count). The number of hydrogen-bond acceptors (Lipinski definition) is 6. The maximum absolute atomic E-state index is 10.9. The SMILES string of the molecule is CCCCCCCCCCCCOS(=O)(=O)OS(=O)(=O)O.[H-].[Na+]. The van der Waals surface area contributed by atoms with Crippen LogP contribution in [0.3, 0.4) is 0 Å². The van der Waals surface area contributed by atoms with Gasteiger partial charge < -0.3 is 1.43 Å². The Morgan fingerprint density at radius 2 is 1.23 bits per heavy atom. The van der Waals surface area contributed by atoms with E-state index in [1.165, 1.54) is 38.5 Å². The van der Waals surface area contributed by atoms with Gasteiger partial charge in [0.15, 0.2) is 0 Å². The van der Waals surface area contributed by atoms with Crippen LogP contribution in [0.4, 0.5) is 0 Å². The second-order valence-electron chi connectivity index (χ2n) is 4.91. The van der Waals surface area contributed by atoms with E-state index in [1.54, 1.807) is 0 Å². The van der Waals surface area contributed by atoms with Crippen molar-refractivity contribution in [3.8, 4) is 0 Å². The molecular weight excluding hydrogens is 343 g/mol. The molecule has 0 aromatic carbocycles. The van der Waals surface area contributed by atoms with Gasteiger partial charge in [-0.25, -0.2) is 4.18 Å². The summed E-state index contributed by atoms with van der Waals surface area (Å²) in [6.07, 6.45) is 10.9. The van der Waals surface area contributed by atoms with E-state index < -0.39 is 20.8 Å². The Morgan fingerprint density at radius 3 is 1.64 bits per heavy atom. The molecule has 0 fully saturated rings. The van der Waals surface area contributed by atoms with Gasteiger partial charge in [0.1, 0.15) is 0 Å². The predicted octanol–water partition coefficient (Wildman–Crippen LogP) is 0.105. The molecule has 0 aromatic rings. The zero-order chi connectivity index (χ0) is 16.2. The summed E-state index contributed by atoms with van der Waals surface area (Å²) in [4.78, 5) is 0. The first-order valence-corrected chi connectivity index (χ1v) is 10.0. The molecule has 0 saturated carbocycles. The topological polar surface area (TPSA) is 107 Å². The normalized spacial score (nSPS) is 12.1. The standard InChI is InChI=1S/C12H26O7S2.Na.H/c1-2-3-4-5-6-7-8-9-10-11-12-18-21(16,17)19-20(13,14)15;;/h2-12H2,1H3,(H,13,14,15);;/q;+1;-1. The summed E-state index contributed by atoms with van der Waals surface area (Å²) < 4.78 is 58.2. The monoisotopic (exact) mass is 370 g/mol. The fourth-order valence-electron chi connectivity index (χ4n) is 1.88. The van der Waals surface area contributed by atoms with E-state index in [0.717, 1.165) is 19.3 Å². The molecule has 7 nitrogen and oxygen atoms in total. The molecule has 0 heterocycles. The van der Waals surface area contributed by atoms with E-state index >= 15 is 0 Å². The van der Waals surface area contributed by atoms with Crippen molar-refractivity contribution >= 4 is 20.8 Å². The number of unbranched alkanes of at least 4 members (excludes halogenated alkanes) is 9. The number of hydrogen-bond donors (Lipinski definition) is 1. The summed E-state index contributed by atoms with van der Waals surface area (Å²) in [5.74, 6) is 0. The first-order valence-electron chi connectivity index (χ1n) is 7.35. The Labute approximate surface area is 158 Å². The van der Waals surface area contributed by atoms with Gasteiger partial charge in [0.05, 0.1) is 6.61 Å². The smallest absolute Gasteiger partial charge is 1.00 e. The molecule has 0 radical (unpaired) electrons. The van der Waals surface area contributed by atoms with E-state index in [0.29, 0.717) is 6.42 Å². The fraction of sp³-hybridized carbons (Fsp3) is 1.00. The molecule has 1 N–H and O–H groups in total. The van der Waals surface area contributed by atoms with E-state index in [1.807, 2.05) is 0 Å². The van der Waals surface area contributed by atoms with Crippen molar-refractivity contribution in [2.24, 2.45) is 0 Å². The summed E-state index contributed by atoms with van der Waals surface area (Å²) in [5.41, 5.74) is 0. The van der Waals surface area contributed by atoms with Crippen molar-refractivity contribution < 1.29 is 60.2 Å². The van der Waals surface area contributed by atoms with Crippen molar-refractivity contribution in [3.63, 3.8) is 0 Å². The van der Waals surface area contributed by atoms with Crippen LogP contribution in [0, 0.1) is 0 Å². The first-order chi connectivity index (χ1) is 9.77. The molecule has 0 unspecified atom stereocenters. The molecule has 0 bridgehead atoms. The molecular formula is C12H27NaO7S2. The maximum Gasteiger partial charge on any atom is 1.00 e. The van der Waals surface area contributed by atoms with E-state index in [-0.39, 0.29) is 37.6 Å². The van der Waals surface area contributed by atoms with Crippen LogP contribution in [0.1, 0.15) is 72.6 Å². The van der Waals surface area contributed by atoms with Crippen LogP contribution >= 0.6 is 0 Å². The van der Waals surface area contributed by atoms with E-state index in [9.17, 15) is 16.8 Å². The molecule has 130 valence electrons. The summed E-state index contributed by atoms with van der Waals surface area (Å²) in [5, 5.41) is 0. The quantitative estimate of drug-likeness (QED) is 0.263. The molecule has 10 heteroatoms. The predicted molar refractivity (Wildman–Crippen MR) is 80.5 cm³/mol. The molecule has 0 aromatic heterocycles. The van der Waals surface area contributed by atoms with Gasteiger partial charge >= 0.3 is 50.4 Å². The minimum atomic E-state index is -5.06. The van der Waals surface area contributed by atoms with Crippen LogP contribution in [0.2, 0.25) is 0 Å². The van der Waals surface area contributed by atoms with Gasteiger partial charge in [-0.05, 0) is 6.42 Å². The van der Waals surface area contributed by atoms with Crippen LogP contribution in [-0.4, -0.2) is 28.0 Å². The Hall–Kier alpha value is 0.780. The van der Waals surface area contributed by atoms with Gasteiger partial charge in [0, 0.05) is 0 Å². The Balaban J connectivity index is -0.00000200. The Morgan fingerprint density at radius 1 is 0.818 bits per heavy atom. The van der Waals surface area contributed by atoms with Gasteiger partial charge in [-0.15, -0.1) is 3.63 Å². The third kappa shape index (κ3) is 18.8. The van der Waals surface area contributed by atoms with Crippen molar-refractivity contribution in [2.75, 3.05) is 6.61 Å². The van der Waals surface area contributed by atoms with Crippen LogP contribution < -0.4 is 29.6 Å². The average Bonchev–Trinajstić information content (AvgIpc) is 2.33. The van der Waals surface area contributed by atoms with Crippen LogP contribution in [-0.2, 0) is 28.6 Å². The molecule has 0 aliphatic rings. The van der Waals surface area contributed by atoms with Crippen LogP contribution in [0.5, 0.6) is 0 Å². The third-order valence-electron chi connectivity index (χ3n) is 2.89. The molecule has 0 spiro atoms. The minimum Gasteiger partial charge on any atom is -1.00 e. The molecule has 0 atom stereocenters. The summed E-state index contributed by atoms with van der Waals surface area (Å²) in [7, 11) is -9.75. The van der Waals surface area contributed by atoms with Gasteiger partial charge in [0.25, 0.3) is 0 Å². The molecule has 0 amide bonds. The van der Waals surface area contributed by atoms with E-state index in [2.05, 4.69) is 14.7 Å². The van der Waals surface area contributed by atoms with Crippen molar-refractivity contribution in [1.29, 1.82) is 0 Å². The van der Waals surface area contributed by atoms with Crippen molar-refractivity contribution in [2.45, 2.75) is 71.1 Å². The minimum absolute atomic E-state index is 0. The van der Waals surface area contributed by atoms with Gasteiger partial charge in [-0.3, -0.25) is 4.55 Å². The van der Waals surface area contributed by atoms with Gasteiger partial charge in [-0.2, -0.15) is 16.8 Å². The largest absolute Gasteiger partial charge is 1.00 e. The molecule has 22 heavy (non-hydrogen) atoms. The van der Waals surface area contributed by atoms with Gasteiger partial charge in [0.2, 0.25) is 0 Å². The number of rotatable bonds is 14. The fourth-order valence-corrected chi connectivity index (χ4v) is 3.20. The van der Waals surface area contributed by atoms with E-state index in [4.69, 9.17) is 4.55 Å².